The second-order valence-electron chi connectivity index (χ2n) is 8.19. The van der Waals surface area contributed by atoms with Gasteiger partial charge in [-0.1, -0.05) is 60.7 Å². The van der Waals surface area contributed by atoms with Gasteiger partial charge in [-0.05, 0) is 38.3 Å². The number of rotatable bonds is 9. The molecule has 0 saturated carbocycles. The number of ether oxygens (including phenoxy) is 2. The third kappa shape index (κ3) is 9.80. The number of carbonyl (C=O) groups is 3. The van der Waals surface area contributed by atoms with E-state index >= 15 is 0 Å². The summed E-state index contributed by atoms with van der Waals surface area (Å²) < 4.78 is 10.5. The van der Waals surface area contributed by atoms with E-state index in [1.165, 1.54) is 0 Å². The molecule has 7 heteroatoms. The first kappa shape index (κ1) is 23.9. The largest absolute Gasteiger partial charge is 0.459 e. The van der Waals surface area contributed by atoms with E-state index in [0.29, 0.717) is 0 Å². The Morgan fingerprint density at radius 1 is 0.839 bits per heavy atom. The van der Waals surface area contributed by atoms with Gasteiger partial charge in [-0.2, -0.15) is 0 Å². The number of amides is 2. The van der Waals surface area contributed by atoms with Crippen LogP contribution in [0, 0.1) is 0 Å². The van der Waals surface area contributed by atoms with E-state index in [-0.39, 0.29) is 37.5 Å². The number of hydrogen-bond donors (Lipinski definition) is 2. The van der Waals surface area contributed by atoms with E-state index < -0.39 is 18.1 Å². The Balaban J connectivity index is 1.93. The third-order valence-electron chi connectivity index (χ3n) is 4.19. The van der Waals surface area contributed by atoms with Crippen LogP contribution in [-0.2, 0) is 32.3 Å². The molecule has 0 spiro atoms. The molecule has 1 atom stereocenters. The molecule has 0 aliphatic heterocycles. The highest BCUT2D eigenvalue weighted by Gasteiger charge is 2.25. The molecule has 0 fully saturated rings. The second-order valence-corrected chi connectivity index (χ2v) is 8.19. The summed E-state index contributed by atoms with van der Waals surface area (Å²) in [6.07, 6.45) is -0.598. The zero-order valence-corrected chi connectivity index (χ0v) is 18.2. The van der Waals surface area contributed by atoms with Crippen LogP contribution in [0.1, 0.15) is 44.7 Å². The molecule has 7 nitrogen and oxygen atoms in total. The van der Waals surface area contributed by atoms with Crippen LogP contribution in [0.5, 0.6) is 0 Å². The third-order valence-corrected chi connectivity index (χ3v) is 4.19. The van der Waals surface area contributed by atoms with Gasteiger partial charge in [0.15, 0.2) is 0 Å². The summed E-state index contributed by atoms with van der Waals surface area (Å²) in [6, 6.07) is 17.4. The maximum atomic E-state index is 12.6. The van der Waals surface area contributed by atoms with Crippen molar-refractivity contribution in [2.45, 2.75) is 58.4 Å². The van der Waals surface area contributed by atoms with E-state index in [0.717, 1.165) is 11.1 Å². The first-order valence-electron chi connectivity index (χ1n) is 10.2. The number of nitrogens with one attached hydrogen (secondary N) is 2. The average Bonchev–Trinajstić information content (AvgIpc) is 2.73. The molecule has 2 aromatic carbocycles. The highest BCUT2D eigenvalue weighted by atomic mass is 16.6. The monoisotopic (exact) mass is 426 g/mol. The summed E-state index contributed by atoms with van der Waals surface area (Å²) in [5, 5.41) is 5.36. The van der Waals surface area contributed by atoms with Crippen molar-refractivity contribution in [2.75, 3.05) is 0 Å². The summed E-state index contributed by atoms with van der Waals surface area (Å²) in [6.45, 7) is 5.76. The fraction of sp³-hybridized carbons (Fsp3) is 0.375. The van der Waals surface area contributed by atoms with Crippen LogP contribution in [-0.4, -0.2) is 29.6 Å². The lowest BCUT2D eigenvalue weighted by atomic mass is 10.1. The van der Waals surface area contributed by atoms with Gasteiger partial charge in [0, 0.05) is 12.0 Å². The van der Waals surface area contributed by atoms with Crippen molar-refractivity contribution in [3.63, 3.8) is 0 Å². The van der Waals surface area contributed by atoms with Crippen molar-refractivity contribution in [1.82, 2.24) is 10.6 Å². The quantitative estimate of drug-likeness (QED) is 0.596. The molecule has 0 aliphatic carbocycles. The van der Waals surface area contributed by atoms with Crippen LogP contribution in [0.2, 0.25) is 0 Å². The summed E-state index contributed by atoms with van der Waals surface area (Å²) >= 11 is 0. The van der Waals surface area contributed by atoms with Gasteiger partial charge in [-0.15, -0.1) is 0 Å². The molecule has 0 heterocycles. The molecule has 0 unspecified atom stereocenters. The predicted octanol–water partition coefficient (Wildman–Crippen LogP) is 3.72. The zero-order valence-electron chi connectivity index (χ0n) is 18.2. The highest BCUT2D eigenvalue weighted by Crippen LogP contribution is 2.08. The molecular formula is C24H30N2O5. The van der Waals surface area contributed by atoms with Crippen LogP contribution in [0.3, 0.4) is 0 Å². The molecule has 0 bridgehead atoms. The SMILES string of the molecule is CC(C)(C)NC(=O)CC[C@@H](NC(=O)OCc1ccccc1)C(=O)OCc1ccccc1. The maximum absolute atomic E-state index is 12.6. The number of hydrogen-bond acceptors (Lipinski definition) is 5. The van der Waals surface area contributed by atoms with Gasteiger partial charge < -0.3 is 20.1 Å². The summed E-state index contributed by atoms with van der Waals surface area (Å²) in [4.78, 5) is 37.0. The zero-order chi connectivity index (χ0) is 22.7. The van der Waals surface area contributed by atoms with Gasteiger partial charge in [-0.3, -0.25) is 4.79 Å². The lowest BCUT2D eigenvalue weighted by Gasteiger charge is -2.22. The van der Waals surface area contributed by atoms with Crippen molar-refractivity contribution in [3.8, 4) is 0 Å². The fourth-order valence-corrected chi connectivity index (χ4v) is 2.74. The minimum Gasteiger partial charge on any atom is -0.459 e. The van der Waals surface area contributed by atoms with Gasteiger partial charge in [0.1, 0.15) is 19.3 Å². The molecular weight excluding hydrogens is 396 g/mol. The van der Waals surface area contributed by atoms with Crippen molar-refractivity contribution in [2.24, 2.45) is 0 Å². The summed E-state index contributed by atoms with van der Waals surface area (Å²) in [5.74, 6) is -0.836. The standard InChI is InChI=1S/C24H30N2O5/c1-24(2,3)26-21(27)15-14-20(22(28)30-16-18-10-6-4-7-11-18)25-23(29)31-17-19-12-8-5-9-13-19/h4-13,20H,14-17H2,1-3H3,(H,25,29)(H,26,27)/t20-/m1/s1. The van der Waals surface area contributed by atoms with E-state index in [1.54, 1.807) is 0 Å². The van der Waals surface area contributed by atoms with Gasteiger partial charge in [-0.25, -0.2) is 9.59 Å². The van der Waals surface area contributed by atoms with Crippen molar-refractivity contribution < 1.29 is 23.9 Å². The summed E-state index contributed by atoms with van der Waals surface area (Å²) in [5.41, 5.74) is 1.26. The lowest BCUT2D eigenvalue weighted by Crippen LogP contribution is -2.44. The van der Waals surface area contributed by atoms with E-state index in [1.807, 2.05) is 81.4 Å². The van der Waals surface area contributed by atoms with Crippen LogP contribution < -0.4 is 10.6 Å². The predicted molar refractivity (Wildman–Crippen MR) is 117 cm³/mol. The van der Waals surface area contributed by atoms with Crippen LogP contribution in [0.25, 0.3) is 0 Å². The Morgan fingerprint density at radius 3 is 1.87 bits per heavy atom. The number of benzene rings is 2. The molecule has 31 heavy (non-hydrogen) atoms. The first-order valence-corrected chi connectivity index (χ1v) is 10.2. The minimum absolute atomic E-state index is 0.0569. The highest BCUT2D eigenvalue weighted by molar-refractivity contribution is 5.83. The molecule has 0 aromatic heterocycles. The first-order chi connectivity index (χ1) is 14.7. The summed E-state index contributed by atoms with van der Waals surface area (Å²) in [7, 11) is 0. The Kier molecular flexibility index (Phi) is 9.06. The maximum Gasteiger partial charge on any atom is 0.408 e. The van der Waals surface area contributed by atoms with Gasteiger partial charge in [0.05, 0.1) is 0 Å². The molecule has 2 rings (SSSR count). The Labute approximate surface area is 183 Å². The number of esters is 1. The Morgan fingerprint density at radius 2 is 1.35 bits per heavy atom. The topological polar surface area (TPSA) is 93.7 Å². The number of carbonyl (C=O) groups excluding carboxylic acids is 3. The van der Waals surface area contributed by atoms with Crippen LogP contribution in [0.4, 0.5) is 4.79 Å². The van der Waals surface area contributed by atoms with Crippen LogP contribution in [0.15, 0.2) is 60.7 Å². The van der Waals surface area contributed by atoms with Crippen molar-refractivity contribution in [1.29, 1.82) is 0 Å². The minimum atomic E-state index is -1.00. The molecule has 2 aromatic rings. The Hall–Kier alpha value is -3.35. The van der Waals surface area contributed by atoms with Crippen LogP contribution >= 0.6 is 0 Å². The van der Waals surface area contributed by atoms with E-state index in [2.05, 4.69) is 10.6 Å². The Bertz CT molecular complexity index is 847. The fourth-order valence-electron chi connectivity index (χ4n) is 2.74. The molecule has 2 N–H and O–H groups in total. The van der Waals surface area contributed by atoms with E-state index in [4.69, 9.17) is 9.47 Å². The van der Waals surface area contributed by atoms with Gasteiger partial charge >= 0.3 is 12.1 Å². The molecule has 0 aliphatic rings. The lowest BCUT2D eigenvalue weighted by molar-refractivity contribution is -0.147. The second kappa shape index (κ2) is 11.7. The number of alkyl carbamates (subject to hydrolysis) is 1. The molecule has 166 valence electrons. The average molecular weight is 427 g/mol. The smallest absolute Gasteiger partial charge is 0.408 e. The molecule has 2 amide bonds. The van der Waals surface area contributed by atoms with Gasteiger partial charge in [0.2, 0.25) is 5.91 Å². The normalized spacial score (nSPS) is 11.8. The molecule has 0 saturated heterocycles. The van der Waals surface area contributed by atoms with E-state index in [9.17, 15) is 14.4 Å². The van der Waals surface area contributed by atoms with Gasteiger partial charge in [0.25, 0.3) is 0 Å². The van der Waals surface area contributed by atoms with Crippen molar-refractivity contribution in [3.05, 3.63) is 71.8 Å². The molecule has 0 radical (unpaired) electrons. The van der Waals surface area contributed by atoms with Crippen molar-refractivity contribution >= 4 is 18.0 Å².